The van der Waals surface area contributed by atoms with Gasteiger partial charge in [-0.05, 0) is 88.7 Å². The highest BCUT2D eigenvalue weighted by Gasteiger charge is 2.12. The summed E-state index contributed by atoms with van der Waals surface area (Å²) in [4.78, 5) is 0. The van der Waals surface area contributed by atoms with Crippen molar-refractivity contribution in [3.63, 3.8) is 0 Å². The molecule has 0 unspecified atom stereocenters. The third-order valence-electron chi connectivity index (χ3n) is 5.04. The zero-order valence-electron chi connectivity index (χ0n) is 16.3. The summed E-state index contributed by atoms with van der Waals surface area (Å²) in [6, 6.07) is 13.6. The van der Waals surface area contributed by atoms with Crippen molar-refractivity contribution in [3.05, 3.63) is 55.6 Å². The maximum Gasteiger partial charge on any atom is 0.0253 e. The van der Waals surface area contributed by atoms with Crippen LogP contribution >= 0.6 is 38.5 Å². The first-order valence-corrected chi connectivity index (χ1v) is 12.1. The zero-order valence-corrected chi connectivity index (χ0v) is 20.0. The molecule has 0 aliphatic rings. The number of rotatable bonds is 11. The predicted octanol–water partition coefficient (Wildman–Crippen LogP) is 8.97. The Morgan fingerprint density at radius 2 is 1.35 bits per heavy atom. The van der Waals surface area contributed by atoms with E-state index in [0.29, 0.717) is 0 Å². The molecule has 0 N–H and O–H groups in total. The van der Waals surface area contributed by atoms with E-state index in [1.807, 2.05) is 0 Å². The van der Waals surface area contributed by atoms with Crippen molar-refractivity contribution in [2.75, 3.05) is 0 Å². The lowest BCUT2D eigenvalue weighted by Gasteiger charge is -2.16. The Morgan fingerprint density at radius 3 is 1.96 bits per heavy atom. The number of halogens is 2. The van der Waals surface area contributed by atoms with E-state index < -0.39 is 0 Å². The smallest absolute Gasteiger partial charge is 0.0253 e. The van der Waals surface area contributed by atoms with Gasteiger partial charge in [-0.15, -0.1) is 0 Å². The molecule has 2 aromatic rings. The molecule has 0 saturated carbocycles. The molecule has 0 bridgehead atoms. The van der Waals surface area contributed by atoms with Gasteiger partial charge in [-0.1, -0.05) is 86.5 Å². The normalized spacial score (nSPS) is 11.1. The number of unbranched alkanes of at least 4 members (excludes halogenated alkanes) is 6. The molecule has 0 spiro atoms. The fraction of sp³-hybridized carbons (Fsp3) is 0.500. The number of hydrogen-bond acceptors (Lipinski definition) is 0. The molecule has 0 aliphatic carbocycles. The van der Waals surface area contributed by atoms with Crippen LogP contribution in [0.3, 0.4) is 0 Å². The largest absolute Gasteiger partial charge is 0.0654 e. The Hall–Kier alpha value is -0.350. The van der Waals surface area contributed by atoms with Crippen molar-refractivity contribution in [1.82, 2.24) is 0 Å². The molecule has 2 heteroatoms. The number of benzene rings is 2. The highest BCUT2D eigenvalue weighted by atomic mass is 127. The molecule has 0 aromatic heterocycles. The first-order valence-electron chi connectivity index (χ1n) is 10.2. The van der Waals surface area contributed by atoms with Crippen LogP contribution in [0.5, 0.6) is 0 Å². The summed E-state index contributed by atoms with van der Waals surface area (Å²) in [6.45, 7) is 4.56. The molecule has 0 aliphatic heterocycles. The Morgan fingerprint density at radius 1 is 0.731 bits per heavy atom. The lowest BCUT2D eigenvalue weighted by molar-refractivity contribution is 0.663. The molecule has 0 fully saturated rings. The summed E-state index contributed by atoms with van der Waals surface area (Å²) in [5.41, 5.74) is 5.79. The van der Waals surface area contributed by atoms with E-state index >= 15 is 0 Å². The second-order valence-electron chi connectivity index (χ2n) is 7.20. The summed E-state index contributed by atoms with van der Waals surface area (Å²) in [7, 11) is 0. The van der Waals surface area contributed by atoms with Crippen LogP contribution < -0.4 is 0 Å². The van der Waals surface area contributed by atoms with Crippen LogP contribution in [-0.4, -0.2) is 0 Å². The summed E-state index contributed by atoms with van der Waals surface area (Å²) in [5, 5.41) is 0. The topological polar surface area (TPSA) is 0 Å². The Balaban J connectivity index is 2.28. The molecule has 0 nitrogen and oxygen atoms in total. The number of hydrogen-bond donors (Lipinski definition) is 0. The third kappa shape index (κ3) is 6.67. The molecule has 0 radical (unpaired) electrons. The van der Waals surface area contributed by atoms with Gasteiger partial charge in [0.15, 0.2) is 0 Å². The van der Waals surface area contributed by atoms with Crippen LogP contribution in [0, 0.1) is 3.57 Å². The van der Waals surface area contributed by atoms with Crippen molar-refractivity contribution in [3.8, 4) is 11.1 Å². The van der Waals surface area contributed by atoms with Crippen molar-refractivity contribution < 1.29 is 0 Å². The molecular formula is C24H32BrI. The van der Waals surface area contributed by atoms with Crippen LogP contribution in [-0.2, 0) is 12.8 Å². The van der Waals surface area contributed by atoms with Gasteiger partial charge < -0.3 is 0 Å². The Labute approximate surface area is 182 Å². The van der Waals surface area contributed by atoms with Gasteiger partial charge >= 0.3 is 0 Å². The van der Waals surface area contributed by atoms with Crippen molar-refractivity contribution in [2.45, 2.75) is 78.1 Å². The second-order valence-corrected chi connectivity index (χ2v) is 9.22. The predicted molar refractivity (Wildman–Crippen MR) is 128 cm³/mol. The molecule has 2 aromatic carbocycles. The minimum atomic E-state index is 1.18. The molecule has 142 valence electrons. The first kappa shape index (κ1) is 21.9. The van der Waals surface area contributed by atoms with Gasteiger partial charge in [-0.25, -0.2) is 0 Å². The Kier molecular flexibility index (Phi) is 10.3. The maximum atomic E-state index is 3.77. The van der Waals surface area contributed by atoms with Crippen molar-refractivity contribution in [2.24, 2.45) is 0 Å². The van der Waals surface area contributed by atoms with Crippen LogP contribution in [0.1, 0.15) is 76.3 Å². The maximum absolute atomic E-state index is 3.77. The average Bonchev–Trinajstić information content (AvgIpc) is 2.64. The van der Waals surface area contributed by atoms with E-state index in [9.17, 15) is 0 Å². The van der Waals surface area contributed by atoms with Gasteiger partial charge in [-0.2, -0.15) is 0 Å². The lowest BCUT2D eigenvalue weighted by Crippen LogP contribution is -1.98. The third-order valence-corrected chi connectivity index (χ3v) is 6.73. The van der Waals surface area contributed by atoms with E-state index in [2.05, 4.69) is 88.8 Å². The van der Waals surface area contributed by atoms with E-state index in [0.717, 1.165) is 0 Å². The fourth-order valence-corrected chi connectivity index (χ4v) is 4.77. The van der Waals surface area contributed by atoms with Gasteiger partial charge in [0.05, 0.1) is 0 Å². The molecule has 2 rings (SSSR count). The quantitative estimate of drug-likeness (QED) is 0.202. The molecule has 26 heavy (non-hydrogen) atoms. The highest BCUT2D eigenvalue weighted by Crippen LogP contribution is 2.34. The zero-order chi connectivity index (χ0) is 18.8. The second kappa shape index (κ2) is 12.2. The fourth-order valence-electron chi connectivity index (χ4n) is 3.47. The summed E-state index contributed by atoms with van der Waals surface area (Å²) in [5.74, 6) is 0. The van der Waals surface area contributed by atoms with E-state index in [1.165, 1.54) is 94.5 Å². The monoisotopic (exact) mass is 526 g/mol. The van der Waals surface area contributed by atoms with Crippen LogP contribution in [0.15, 0.2) is 40.9 Å². The summed E-state index contributed by atoms with van der Waals surface area (Å²) < 4.78 is 2.65. The minimum absolute atomic E-state index is 1.18. The standard InChI is InChI=1S/C24H32BrI/c1-3-5-7-9-13-19-18-24(26)20(14-10-8-6-4-2)17-22(19)21-15-11-12-16-23(21)25/h11-12,15-18H,3-10,13-14H2,1-2H3. The van der Waals surface area contributed by atoms with Crippen molar-refractivity contribution in [1.29, 1.82) is 0 Å². The summed E-state index contributed by atoms with van der Waals surface area (Å²) >= 11 is 6.32. The van der Waals surface area contributed by atoms with Gasteiger partial charge in [0, 0.05) is 8.04 Å². The highest BCUT2D eigenvalue weighted by molar-refractivity contribution is 14.1. The van der Waals surface area contributed by atoms with Gasteiger partial charge in [0.2, 0.25) is 0 Å². The molecule has 0 atom stereocenters. The van der Waals surface area contributed by atoms with E-state index in [1.54, 1.807) is 0 Å². The van der Waals surface area contributed by atoms with E-state index in [-0.39, 0.29) is 0 Å². The minimum Gasteiger partial charge on any atom is -0.0654 e. The SMILES string of the molecule is CCCCCCc1cc(-c2ccccc2Br)c(CCCCCC)cc1I. The molecule has 0 saturated heterocycles. The molecule has 0 heterocycles. The summed E-state index contributed by atoms with van der Waals surface area (Å²) in [6.07, 6.45) is 12.9. The molecule has 0 amide bonds. The van der Waals surface area contributed by atoms with E-state index in [4.69, 9.17) is 0 Å². The molecular weight excluding hydrogens is 495 g/mol. The van der Waals surface area contributed by atoms with Gasteiger partial charge in [0.1, 0.15) is 0 Å². The van der Waals surface area contributed by atoms with Gasteiger partial charge in [-0.3, -0.25) is 0 Å². The Bertz CT molecular complexity index is 678. The van der Waals surface area contributed by atoms with Gasteiger partial charge in [0.25, 0.3) is 0 Å². The first-order chi connectivity index (χ1) is 12.7. The number of aryl methyl sites for hydroxylation is 2. The van der Waals surface area contributed by atoms with Crippen molar-refractivity contribution >= 4 is 38.5 Å². The lowest BCUT2D eigenvalue weighted by atomic mass is 9.92. The van der Waals surface area contributed by atoms with Crippen LogP contribution in [0.25, 0.3) is 11.1 Å². The average molecular weight is 527 g/mol. The van der Waals surface area contributed by atoms with Crippen LogP contribution in [0.2, 0.25) is 0 Å². The van der Waals surface area contributed by atoms with Crippen LogP contribution in [0.4, 0.5) is 0 Å².